The van der Waals surface area contributed by atoms with Crippen molar-refractivity contribution in [3.63, 3.8) is 0 Å². The molecule has 1 aliphatic rings. The van der Waals surface area contributed by atoms with E-state index < -0.39 is 0 Å². The summed E-state index contributed by atoms with van der Waals surface area (Å²) in [5, 5.41) is 4.19. The van der Waals surface area contributed by atoms with Gasteiger partial charge in [-0.3, -0.25) is 14.4 Å². The molecule has 5 heteroatoms. The van der Waals surface area contributed by atoms with Gasteiger partial charge in [-0.15, -0.1) is 0 Å². The average molecular weight is 285 g/mol. The number of aromatic nitrogens is 2. The molecular weight excluding hydrogens is 266 g/mol. The molecule has 0 bridgehead atoms. The molecule has 3 rings (SSSR count). The highest BCUT2D eigenvalue weighted by atomic mass is 16.5. The summed E-state index contributed by atoms with van der Waals surface area (Å²) in [6, 6.07) is 8.04. The molecule has 0 saturated carbocycles. The average Bonchev–Trinajstić information content (AvgIpc) is 2.91. The molecule has 1 aromatic heterocycles. The van der Waals surface area contributed by atoms with Crippen LogP contribution in [0.5, 0.6) is 0 Å². The highest BCUT2D eigenvalue weighted by Crippen LogP contribution is 2.25. The molecule has 1 atom stereocenters. The number of hydrogen-bond donors (Lipinski definition) is 0. The Morgan fingerprint density at radius 1 is 1.38 bits per heavy atom. The summed E-state index contributed by atoms with van der Waals surface area (Å²) in [6.07, 6.45) is 4.52. The fraction of sp³-hybridized carbons (Fsp3) is 0.375. The van der Waals surface area contributed by atoms with E-state index >= 15 is 0 Å². The van der Waals surface area contributed by atoms with Gasteiger partial charge in [0.2, 0.25) is 0 Å². The number of ether oxygens (including phenoxy) is 1. The van der Waals surface area contributed by atoms with Gasteiger partial charge in [0.05, 0.1) is 13.3 Å². The summed E-state index contributed by atoms with van der Waals surface area (Å²) >= 11 is 0. The molecular formula is C16H19N3O2. The molecule has 0 unspecified atom stereocenters. The summed E-state index contributed by atoms with van der Waals surface area (Å²) in [6.45, 7) is 1.45. The summed E-state index contributed by atoms with van der Waals surface area (Å²) in [4.78, 5) is 14.3. The smallest absolute Gasteiger partial charge is 0.323 e. The van der Waals surface area contributed by atoms with Crippen LogP contribution in [0.1, 0.15) is 16.7 Å². The van der Waals surface area contributed by atoms with Gasteiger partial charge in [0.25, 0.3) is 0 Å². The van der Waals surface area contributed by atoms with Crippen molar-refractivity contribution in [1.82, 2.24) is 14.7 Å². The standard InChI is InChI=1S/C16H19N3O2/c1-18-9-12(8-17-18)10-19-11-14-6-4-3-5-13(14)7-15(19)16(20)21-2/h3-6,8-9,15H,7,10-11H2,1-2H3/t15-/m0/s1. The van der Waals surface area contributed by atoms with Crippen molar-refractivity contribution in [1.29, 1.82) is 0 Å². The van der Waals surface area contributed by atoms with Gasteiger partial charge in [-0.05, 0) is 17.5 Å². The maximum atomic E-state index is 12.1. The third-order valence-corrected chi connectivity index (χ3v) is 3.96. The van der Waals surface area contributed by atoms with Gasteiger partial charge in [-0.2, -0.15) is 5.10 Å². The summed E-state index contributed by atoms with van der Waals surface area (Å²) in [7, 11) is 3.35. The molecule has 1 aliphatic heterocycles. The zero-order valence-electron chi connectivity index (χ0n) is 12.3. The van der Waals surface area contributed by atoms with E-state index in [0.29, 0.717) is 13.0 Å². The number of aryl methyl sites for hydroxylation is 1. The maximum absolute atomic E-state index is 12.1. The summed E-state index contributed by atoms with van der Waals surface area (Å²) in [5.74, 6) is -0.173. The maximum Gasteiger partial charge on any atom is 0.323 e. The molecule has 2 aromatic rings. The van der Waals surface area contributed by atoms with Crippen molar-refractivity contribution >= 4 is 5.97 Å². The van der Waals surface area contributed by atoms with Crippen molar-refractivity contribution in [2.24, 2.45) is 7.05 Å². The van der Waals surface area contributed by atoms with E-state index in [1.54, 1.807) is 4.68 Å². The quantitative estimate of drug-likeness (QED) is 0.802. The van der Waals surface area contributed by atoms with Crippen LogP contribution in [-0.4, -0.2) is 33.8 Å². The predicted octanol–water partition coefficient (Wildman–Crippen LogP) is 1.52. The second-order valence-electron chi connectivity index (χ2n) is 5.44. The van der Waals surface area contributed by atoms with E-state index in [1.165, 1.54) is 18.2 Å². The summed E-state index contributed by atoms with van der Waals surface area (Å²) in [5.41, 5.74) is 3.61. The van der Waals surface area contributed by atoms with Crippen LogP contribution in [0.4, 0.5) is 0 Å². The first-order valence-electron chi connectivity index (χ1n) is 7.03. The first-order valence-corrected chi connectivity index (χ1v) is 7.03. The van der Waals surface area contributed by atoms with Gasteiger partial charge in [0.15, 0.2) is 0 Å². The number of hydrogen-bond acceptors (Lipinski definition) is 4. The Hall–Kier alpha value is -2.14. The first kappa shape index (κ1) is 13.8. The Labute approximate surface area is 124 Å². The highest BCUT2D eigenvalue weighted by molar-refractivity contribution is 5.76. The van der Waals surface area contributed by atoms with Crippen LogP contribution in [0.3, 0.4) is 0 Å². The third-order valence-electron chi connectivity index (χ3n) is 3.96. The van der Waals surface area contributed by atoms with Crippen molar-refractivity contribution in [2.75, 3.05) is 7.11 Å². The Bertz CT molecular complexity index is 650. The third kappa shape index (κ3) is 2.83. The molecule has 0 aliphatic carbocycles. The lowest BCUT2D eigenvalue weighted by Crippen LogP contribution is -2.45. The Morgan fingerprint density at radius 3 is 2.81 bits per heavy atom. The minimum Gasteiger partial charge on any atom is -0.468 e. The first-order chi connectivity index (χ1) is 10.2. The minimum atomic E-state index is -0.231. The lowest BCUT2D eigenvalue weighted by atomic mass is 9.93. The van der Waals surface area contributed by atoms with Crippen LogP contribution >= 0.6 is 0 Å². The van der Waals surface area contributed by atoms with Gasteiger partial charge in [-0.1, -0.05) is 24.3 Å². The van der Waals surface area contributed by atoms with E-state index in [9.17, 15) is 4.79 Å². The van der Waals surface area contributed by atoms with Gasteiger partial charge in [0.1, 0.15) is 6.04 Å². The van der Waals surface area contributed by atoms with Gasteiger partial charge in [0, 0.05) is 31.9 Å². The zero-order chi connectivity index (χ0) is 14.8. The SMILES string of the molecule is COC(=O)[C@@H]1Cc2ccccc2CN1Cc1cnn(C)c1. The van der Waals surface area contributed by atoms with Crippen LogP contribution in [0.2, 0.25) is 0 Å². The molecule has 0 spiro atoms. The topological polar surface area (TPSA) is 47.4 Å². The Balaban J connectivity index is 1.87. The molecule has 0 radical (unpaired) electrons. The molecule has 0 amide bonds. The van der Waals surface area contributed by atoms with Crippen LogP contribution < -0.4 is 0 Å². The van der Waals surface area contributed by atoms with Gasteiger partial charge < -0.3 is 4.74 Å². The van der Waals surface area contributed by atoms with Gasteiger partial charge in [-0.25, -0.2) is 0 Å². The number of rotatable bonds is 3. The van der Waals surface area contributed by atoms with E-state index in [0.717, 1.165) is 12.1 Å². The molecule has 110 valence electrons. The van der Waals surface area contributed by atoms with Crippen molar-refractivity contribution < 1.29 is 9.53 Å². The number of fused-ring (bicyclic) bond motifs is 1. The monoisotopic (exact) mass is 285 g/mol. The van der Waals surface area contributed by atoms with Crippen LogP contribution in [0.15, 0.2) is 36.7 Å². The fourth-order valence-corrected chi connectivity index (χ4v) is 2.90. The predicted molar refractivity (Wildman–Crippen MR) is 78.4 cm³/mol. The number of nitrogens with zero attached hydrogens (tertiary/aromatic N) is 3. The van der Waals surface area contributed by atoms with Crippen LogP contribution in [-0.2, 0) is 36.1 Å². The number of methoxy groups -OCH3 is 1. The van der Waals surface area contributed by atoms with E-state index in [4.69, 9.17) is 4.74 Å². The minimum absolute atomic E-state index is 0.173. The van der Waals surface area contributed by atoms with E-state index in [1.807, 2.05) is 31.6 Å². The van der Waals surface area contributed by atoms with Crippen LogP contribution in [0, 0.1) is 0 Å². The van der Waals surface area contributed by atoms with Gasteiger partial charge >= 0.3 is 5.97 Å². The molecule has 2 heterocycles. The van der Waals surface area contributed by atoms with E-state index in [-0.39, 0.29) is 12.0 Å². The number of esters is 1. The largest absolute Gasteiger partial charge is 0.468 e. The zero-order valence-corrected chi connectivity index (χ0v) is 12.3. The molecule has 0 saturated heterocycles. The number of benzene rings is 1. The van der Waals surface area contributed by atoms with Crippen LogP contribution in [0.25, 0.3) is 0 Å². The molecule has 0 N–H and O–H groups in total. The van der Waals surface area contributed by atoms with Crippen molar-refractivity contribution in [3.05, 3.63) is 53.3 Å². The molecule has 0 fully saturated rings. The molecule has 5 nitrogen and oxygen atoms in total. The Morgan fingerprint density at radius 2 is 2.14 bits per heavy atom. The summed E-state index contributed by atoms with van der Waals surface area (Å²) < 4.78 is 6.75. The number of carbonyl (C=O) groups is 1. The lowest BCUT2D eigenvalue weighted by molar-refractivity contribution is -0.147. The second kappa shape index (κ2) is 5.69. The van der Waals surface area contributed by atoms with Crippen molar-refractivity contribution in [2.45, 2.75) is 25.6 Å². The molecule has 1 aromatic carbocycles. The van der Waals surface area contributed by atoms with E-state index in [2.05, 4.69) is 22.1 Å². The Kier molecular flexibility index (Phi) is 3.75. The second-order valence-corrected chi connectivity index (χ2v) is 5.44. The number of carbonyl (C=O) groups excluding carboxylic acids is 1. The lowest BCUT2D eigenvalue weighted by Gasteiger charge is -2.34. The van der Waals surface area contributed by atoms with Crippen molar-refractivity contribution in [3.8, 4) is 0 Å². The fourth-order valence-electron chi connectivity index (χ4n) is 2.90. The normalized spacial score (nSPS) is 18.3. The highest BCUT2D eigenvalue weighted by Gasteiger charge is 2.32. The molecule has 21 heavy (non-hydrogen) atoms.